The molecule has 0 atom stereocenters. The van der Waals surface area contributed by atoms with E-state index in [-0.39, 0.29) is 5.95 Å². The van der Waals surface area contributed by atoms with Crippen LogP contribution in [0.2, 0.25) is 0 Å². The maximum absolute atomic E-state index is 10.1. The lowest BCUT2D eigenvalue weighted by molar-refractivity contribution is -0.352. The van der Waals surface area contributed by atoms with Gasteiger partial charge in [0.2, 0.25) is 0 Å². The van der Waals surface area contributed by atoms with Crippen LogP contribution in [0.5, 0.6) is 0 Å². The number of ether oxygens (including phenoxy) is 1. The first-order valence-electron chi connectivity index (χ1n) is 1.98. The van der Waals surface area contributed by atoms with E-state index < -0.39 is 0 Å². The van der Waals surface area contributed by atoms with E-state index in [1.165, 1.54) is 6.08 Å². The van der Waals surface area contributed by atoms with Crippen LogP contribution >= 0.6 is 0 Å². The van der Waals surface area contributed by atoms with E-state index in [0.29, 0.717) is 6.61 Å². The summed E-state index contributed by atoms with van der Waals surface area (Å²) in [5.41, 5.74) is 0.755. The molecule has 0 N–H and O–H groups in total. The fourth-order valence-corrected chi connectivity index (χ4v) is 0.414. The van der Waals surface area contributed by atoms with Crippen LogP contribution in [-0.4, -0.2) is 6.61 Å². The molecular formula is C5H5O2-. The molecule has 2 heteroatoms. The minimum Gasteiger partial charge on any atom is -0.609 e. The molecule has 0 saturated heterocycles. The van der Waals surface area contributed by atoms with Crippen molar-refractivity contribution >= 4 is 0 Å². The molecule has 0 aliphatic carbocycles. The highest BCUT2D eigenvalue weighted by Crippen LogP contribution is 2.06. The Bertz CT molecular complexity index is 124. The fourth-order valence-electron chi connectivity index (χ4n) is 0.414. The summed E-state index contributed by atoms with van der Waals surface area (Å²) in [4.78, 5) is 0. The van der Waals surface area contributed by atoms with Gasteiger partial charge in [-0.25, -0.2) is 0 Å². The van der Waals surface area contributed by atoms with Crippen LogP contribution in [0.25, 0.3) is 0 Å². The standard InChI is InChI=1S/C5H6O2/c1-4-2-5(6)7-3-4/h2,6H,1,3H2/p-1. The predicted molar refractivity (Wildman–Crippen MR) is 23.2 cm³/mol. The lowest BCUT2D eigenvalue weighted by atomic mass is 10.3. The van der Waals surface area contributed by atoms with Gasteiger partial charge in [0, 0.05) is 6.61 Å². The van der Waals surface area contributed by atoms with Crippen molar-refractivity contribution in [2.75, 3.05) is 6.61 Å². The average Bonchev–Trinajstić information content (AvgIpc) is 1.87. The highest BCUT2D eigenvalue weighted by molar-refractivity contribution is 5.19. The molecule has 0 aromatic heterocycles. The summed E-state index contributed by atoms with van der Waals surface area (Å²) in [6.45, 7) is 3.88. The van der Waals surface area contributed by atoms with Crippen LogP contribution in [0, 0.1) is 0 Å². The molecule has 0 saturated carbocycles. The molecule has 0 spiro atoms. The molecule has 0 bridgehead atoms. The Labute approximate surface area is 41.7 Å². The largest absolute Gasteiger partial charge is 0.609 e. The Balaban J connectivity index is 2.67. The van der Waals surface area contributed by atoms with Crippen LogP contribution < -0.4 is 5.11 Å². The van der Waals surface area contributed by atoms with E-state index in [1.54, 1.807) is 0 Å². The third-order valence-electron chi connectivity index (χ3n) is 0.722. The first-order chi connectivity index (χ1) is 3.29. The summed E-state index contributed by atoms with van der Waals surface area (Å²) in [6.07, 6.45) is 1.39. The first kappa shape index (κ1) is 4.24. The Morgan fingerprint density at radius 1 is 1.86 bits per heavy atom. The third kappa shape index (κ3) is 0.738. The molecule has 7 heavy (non-hydrogen) atoms. The van der Waals surface area contributed by atoms with Crippen molar-refractivity contribution in [2.24, 2.45) is 0 Å². The molecule has 0 aromatic rings. The number of hydrogen-bond acceptors (Lipinski definition) is 2. The van der Waals surface area contributed by atoms with Gasteiger partial charge in [0.25, 0.3) is 0 Å². The van der Waals surface area contributed by atoms with Gasteiger partial charge in [-0.3, -0.25) is 0 Å². The van der Waals surface area contributed by atoms with Crippen LogP contribution in [0.4, 0.5) is 0 Å². The Morgan fingerprint density at radius 3 is 2.71 bits per heavy atom. The van der Waals surface area contributed by atoms with E-state index >= 15 is 0 Å². The Kier molecular flexibility index (Phi) is 0.785. The minimum absolute atomic E-state index is 0.273. The molecule has 1 rings (SSSR count). The van der Waals surface area contributed by atoms with Crippen LogP contribution in [0.1, 0.15) is 0 Å². The van der Waals surface area contributed by atoms with Crippen molar-refractivity contribution in [3.05, 3.63) is 24.2 Å². The van der Waals surface area contributed by atoms with E-state index in [2.05, 4.69) is 11.3 Å². The second kappa shape index (κ2) is 1.30. The molecule has 1 aliphatic heterocycles. The Hall–Kier alpha value is -0.920. The molecular weight excluding hydrogens is 92.1 g/mol. The third-order valence-corrected chi connectivity index (χ3v) is 0.722. The van der Waals surface area contributed by atoms with Gasteiger partial charge in [0.05, 0.1) is 5.95 Å². The minimum atomic E-state index is -0.273. The van der Waals surface area contributed by atoms with Gasteiger partial charge in [-0.15, -0.1) is 0 Å². The van der Waals surface area contributed by atoms with E-state index in [1.807, 2.05) is 0 Å². The van der Waals surface area contributed by atoms with Crippen LogP contribution in [0.15, 0.2) is 24.2 Å². The summed E-state index contributed by atoms with van der Waals surface area (Å²) < 4.78 is 4.47. The van der Waals surface area contributed by atoms with Gasteiger partial charge in [0.1, 0.15) is 0 Å². The van der Waals surface area contributed by atoms with Crippen LogP contribution in [0.3, 0.4) is 0 Å². The normalized spacial score (nSPS) is 18.9. The molecule has 2 nitrogen and oxygen atoms in total. The van der Waals surface area contributed by atoms with Crippen molar-refractivity contribution in [3.63, 3.8) is 0 Å². The van der Waals surface area contributed by atoms with Gasteiger partial charge in [-0.2, -0.15) is 0 Å². The highest BCUT2D eigenvalue weighted by atomic mass is 16.6. The zero-order valence-electron chi connectivity index (χ0n) is 3.81. The lowest BCUT2D eigenvalue weighted by Gasteiger charge is -2.02. The van der Waals surface area contributed by atoms with Crippen molar-refractivity contribution < 1.29 is 9.84 Å². The number of hydrogen-bond donors (Lipinski definition) is 0. The summed E-state index contributed by atoms with van der Waals surface area (Å²) in [5.74, 6) is -0.273. The summed E-state index contributed by atoms with van der Waals surface area (Å²) in [7, 11) is 0. The van der Waals surface area contributed by atoms with E-state index in [9.17, 15) is 5.11 Å². The molecule has 1 heterocycles. The summed E-state index contributed by atoms with van der Waals surface area (Å²) in [5, 5.41) is 10.1. The first-order valence-corrected chi connectivity index (χ1v) is 1.98. The smallest absolute Gasteiger partial charge is 0.0518 e. The Morgan fingerprint density at radius 2 is 2.57 bits per heavy atom. The summed E-state index contributed by atoms with van der Waals surface area (Å²) in [6, 6.07) is 0. The molecule has 1 aliphatic rings. The van der Waals surface area contributed by atoms with Gasteiger partial charge >= 0.3 is 0 Å². The zero-order valence-corrected chi connectivity index (χ0v) is 3.81. The molecule has 0 amide bonds. The molecule has 38 valence electrons. The zero-order chi connectivity index (χ0) is 5.28. The topological polar surface area (TPSA) is 32.3 Å². The van der Waals surface area contributed by atoms with Gasteiger partial charge in [-0.05, 0) is 11.6 Å². The molecule has 0 fully saturated rings. The quantitative estimate of drug-likeness (QED) is 0.418. The maximum Gasteiger partial charge on any atom is 0.0518 e. The van der Waals surface area contributed by atoms with E-state index in [4.69, 9.17) is 0 Å². The highest BCUT2D eigenvalue weighted by Gasteiger charge is 1.93. The van der Waals surface area contributed by atoms with Gasteiger partial charge < -0.3 is 9.84 Å². The lowest BCUT2D eigenvalue weighted by Crippen LogP contribution is -2.01. The monoisotopic (exact) mass is 97.0 g/mol. The van der Waals surface area contributed by atoms with E-state index in [0.717, 1.165) is 5.57 Å². The van der Waals surface area contributed by atoms with Gasteiger partial charge in [0.15, 0.2) is 0 Å². The van der Waals surface area contributed by atoms with Crippen molar-refractivity contribution in [1.82, 2.24) is 0 Å². The second-order valence-electron chi connectivity index (χ2n) is 1.41. The molecule has 0 aromatic carbocycles. The van der Waals surface area contributed by atoms with Gasteiger partial charge in [-0.1, -0.05) is 6.58 Å². The number of rotatable bonds is 0. The average molecular weight is 97.1 g/mol. The maximum atomic E-state index is 10.1. The van der Waals surface area contributed by atoms with Crippen molar-refractivity contribution in [2.45, 2.75) is 0 Å². The summed E-state index contributed by atoms with van der Waals surface area (Å²) >= 11 is 0. The predicted octanol–water partition coefficient (Wildman–Crippen LogP) is -0.226. The van der Waals surface area contributed by atoms with Crippen molar-refractivity contribution in [3.8, 4) is 0 Å². The molecule has 0 radical (unpaired) electrons. The molecule has 0 unspecified atom stereocenters. The second-order valence-corrected chi connectivity index (χ2v) is 1.41. The fraction of sp³-hybridized carbons (Fsp3) is 0.200. The van der Waals surface area contributed by atoms with Crippen LogP contribution in [-0.2, 0) is 4.74 Å². The SMILES string of the molecule is C=C1C=C([O-])OC1. The van der Waals surface area contributed by atoms with Crippen molar-refractivity contribution in [1.29, 1.82) is 0 Å².